The maximum atomic E-state index is 5.29. The molecule has 32 heavy (non-hydrogen) atoms. The van der Waals surface area contributed by atoms with Crippen LogP contribution in [0.15, 0.2) is 95.3 Å². The van der Waals surface area contributed by atoms with Gasteiger partial charge in [-0.25, -0.2) is 4.68 Å². The van der Waals surface area contributed by atoms with Crippen molar-refractivity contribution in [2.75, 3.05) is 7.11 Å². The summed E-state index contributed by atoms with van der Waals surface area (Å²) in [4.78, 5) is 0.837. The number of hydrogen-bond donors (Lipinski definition) is 0. The molecule has 0 saturated heterocycles. The standard InChI is InChI=1S/C25H21N5OS/c1-29-22-10-6-7-11-23(22)32-25(29)27-26-16-19-17-30(20-8-4-3-5-9-20)28-24(19)18-12-14-21(31-2)15-13-18/h3-17H,1-2H3/b26-16+,27-25+. The van der Waals surface area contributed by atoms with Gasteiger partial charge in [0.25, 0.3) is 0 Å². The zero-order valence-electron chi connectivity index (χ0n) is 17.7. The molecule has 5 aromatic rings. The van der Waals surface area contributed by atoms with E-state index in [2.05, 4.69) is 26.9 Å². The Bertz CT molecular complexity index is 1460. The van der Waals surface area contributed by atoms with Crippen LogP contribution in [-0.4, -0.2) is 27.7 Å². The first-order valence-corrected chi connectivity index (χ1v) is 11.0. The second kappa shape index (κ2) is 8.64. The first-order chi connectivity index (χ1) is 15.7. The summed E-state index contributed by atoms with van der Waals surface area (Å²) in [7, 11) is 3.66. The average molecular weight is 440 g/mol. The van der Waals surface area contributed by atoms with Crippen LogP contribution in [0.25, 0.3) is 27.2 Å². The van der Waals surface area contributed by atoms with Crippen LogP contribution >= 0.6 is 11.3 Å². The fraction of sp³-hybridized carbons (Fsp3) is 0.0800. The lowest BCUT2D eigenvalue weighted by Crippen LogP contribution is -2.08. The number of hydrogen-bond acceptors (Lipinski definition) is 5. The first-order valence-electron chi connectivity index (χ1n) is 10.1. The summed E-state index contributed by atoms with van der Waals surface area (Å²) >= 11 is 1.61. The molecule has 0 aliphatic heterocycles. The number of methoxy groups -OCH3 is 1. The van der Waals surface area contributed by atoms with Gasteiger partial charge in [0.05, 0.1) is 29.2 Å². The monoisotopic (exact) mass is 439 g/mol. The Labute approximate surface area is 189 Å². The van der Waals surface area contributed by atoms with Gasteiger partial charge in [-0.15, -0.1) is 5.10 Å². The van der Waals surface area contributed by atoms with Gasteiger partial charge < -0.3 is 9.30 Å². The SMILES string of the molecule is COc1ccc(-c2nn(-c3ccccc3)cc2/C=N/N=c2/sc3ccccc3n2C)cc1. The van der Waals surface area contributed by atoms with Crippen LogP contribution in [0, 0.1) is 0 Å². The Kier molecular flexibility index (Phi) is 5.39. The zero-order valence-corrected chi connectivity index (χ0v) is 18.5. The number of nitrogens with zero attached hydrogens (tertiary/aromatic N) is 5. The molecule has 0 fully saturated rings. The molecule has 3 aromatic carbocycles. The van der Waals surface area contributed by atoms with Crippen molar-refractivity contribution in [2.24, 2.45) is 17.3 Å². The number of aryl methyl sites for hydroxylation is 1. The molecule has 0 atom stereocenters. The van der Waals surface area contributed by atoms with E-state index >= 15 is 0 Å². The molecule has 158 valence electrons. The molecule has 2 heterocycles. The van der Waals surface area contributed by atoms with E-state index in [9.17, 15) is 0 Å². The van der Waals surface area contributed by atoms with Crippen LogP contribution in [0.3, 0.4) is 0 Å². The molecule has 2 aromatic heterocycles. The van der Waals surface area contributed by atoms with E-state index in [0.29, 0.717) is 0 Å². The van der Waals surface area contributed by atoms with Crippen molar-refractivity contribution in [3.05, 3.63) is 95.4 Å². The van der Waals surface area contributed by atoms with E-state index < -0.39 is 0 Å². The van der Waals surface area contributed by atoms with Crippen LogP contribution < -0.4 is 9.54 Å². The lowest BCUT2D eigenvalue weighted by Gasteiger charge is -2.02. The second-order valence-electron chi connectivity index (χ2n) is 7.20. The number of benzene rings is 3. The lowest BCUT2D eigenvalue weighted by molar-refractivity contribution is 0.415. The number of para-hydroxylation sites is 2. The van der Waals surface area contributed by atoms with Gasteiger partial charge in [0.1, 0.15) is 11.4 Å². The number of ether oxygens (including phenoxy) is 1. The molecule has 0 amide bonds. The van der Waals surface area contributed by atoms with Crippen molar-refractivity contribution >= 4 is 27.8 Å². The van der Waals surface area contributed by atoms with Crippen LogP contribution in [0.2, 0.25) is 0 Å². The summed E-state index contributed by atoms with van der Waals surface area (Å²) < 4.78 is 10.4. The van der Waals surface area contributed by atoms with E-state index in [1.165, 1.54) is 4.70 Å². The van der Waals surface area contributed by atoms with Gasteiger partial charge in [-0.2, -0.15) is 10.2 Å². The molecule has 0 N–H and O–H groups in total. The van der Waals surface area contributed by atoms with Crippen molar-refractivity contribution < 1.29 is 4.74 Å². The summed E-state index contributed by atoms with van der Waals surface area (Å²) in [6.07, 6.45) is 3.73. The van der Waals surface area contributed by atoms with Crippen LogP contribution in [0.5, 0.6) is 5.75 Å². The highest BCUT2D eigenvalue weighted by molar-refractivity contribution is 7.16. The average Bonchev–Trinajstić information content (AvgIpc) is 3.41. The number of fused-ring (bicyclic) bond motifs is 1. The van der Waals surface area contributed by atoms with Gasteiger partial charge in [-0.05, 0) is 48.5 Å². The topological polar surface area (TPSA) is 56.7 Å². The minimum absolute atomic E-state index is 0.804. The molecular formula is C25H21N5OS. The highest BCUT2D eigenvalue weighted by Crippen LogP contribution is 2.25. The highest BCUT2D eigenvalue weighted by atomic mass is 32.1. The van der Waals surface area contributed by atoms with Gasteiger partial charge >= 0.3 is 0 Å². The third kappa shape index (κ3) is 3.86. The van der Waals surface area contributed by atoms with Crippen LogP contribution in [-0.2, 0) is 7.05 Å². The molecule has 6 nitrogen and oxygen atoms in total. The number of aromatic nitrogens is 3. The molecule has 0 spiro atoms. The maximum absolute atomic E-state index is 5.29. The quantitative estimate of drug-likeness (QED) is 0.285. The minimum atomic E-state index is 0.804. The summed E-state index contributed by atoms with van der Waals surface area (Å²) in [6.45, 7) is 0. The van der Waals surface area contributed by atoms with E-state index in [1.54, 1.807) is 24.7 Å². The molecule has 0 unspecified atom stereocenters. The molecular weight excluding hydrogens is 418 g/mol. The second-order valence-corrected chi connectivity index (χ2v) is 8.21. The fourth-order valence-electron chi connectivity index (χ4n) is 3.49. The molecule has 0 aliphatic rings. The smallest absolute Gasteiger partial charge is 0.211 e. The van der Waals surface area contributed by atoms with Crippen molar-refractivity contribution in [2.45, 2.75) is 0 Å². The van der Waals surface area contributed by atoms with E-state index in [4.69, 9.17) is 9.84 Å². The van der Waals surface area contributed by atoms with Crippen LogP contribution in [0.1, 0.15) is 5.56 Å². The van der Waals surface area contributed by atoms with Gasteiger partial charge in [0, 0.05) is 24.4 Å². The van der Waals surface area contributed by atoms with Crippen LogP contribution in [0.4, 0.5) is 0 Å². The highest BCUT2D eigenvalue weighted by Gasteiger charge is 2.11. The zero-order chi connectivity index (χ0) is 21.9. The number of thiazole rings is 1. The Hall–Kier alpha value is -3.97. The van der Waals surface area contributed by atoms with Gasteiger partial charge in [0.2, 0.25) is 4.80 Å². The summed E-state index contributed by atoms with van der Waals surface area (Å²) in [6, 6.07) is 26.1. The largest absolute Gasteiger partial charge is 0.497 e. The van der Waals surface area contributed by atoms with Crippen molar-refractivity contribution in [3.63, 3.8) is 0 Å². The Balaban J connectivity index is 1.56. The van der Waals surface area contributed by atoms with Gasteiger partial charge in [-0.3, -0.25) is 0 Å². The first kappa shape index (κ1) is 20.0. The predicted octanol–water partition coefficient (Wildman–Crippen LogP) is 5.04. The summed E-state index contributed by atoms with van der Waals surface area (Å²) in [5, 5.41) is 13.7. The van der Waals surface area contributed by atoms with E-state index in [0.717, 1.165) is 38.6 Å². The molecule has 0 bridgehead atoms. The maximum Gasteiger partial charge on any atom is 0.211 e. The molecule has 0 radical (unpaired) electrons. The van der Waals surface area contributed by atoms with E-state index in [-0.39, 0.29) is 0 Å². The fourth-order valence-corrected chi connectivity index (χ4v) is 4.46. The lowest BCUT2D eigenvalue weighted by atomic mass is 10.1. The predicted molar refractivity (Wildman–Crippen MR) is 130 cm³/mol. The Morgan fingerprint density at radius 1 is 0.938 bits per heavy atom. The van der Waals surface area contributed by atoms with E-state index in [1.807, 2.05) is 84.7 Å². The third-order valence-corrected chi connectivity index (χ3v) is 6.28. The molecule has 0 aliphatic carbocycles. The summed E-state index contributed by atoms with van der Waals surface area (Å²) in [5.74, 6) is 0.804. The Morgan fingerprint density at radius 2 is 1.69 bits per heavy atom. The minimum Gasteiger partial charge on any atom is -0.497 e. The Morgan fingerprint density at radius 3 is 2.44 bits per heavy atom. The molecule has 5 rings (SSSR count). The van der Waals surface area contributed by atoms with Gasteiger partial charge in [0.15, 0.2) is 0 Å². The molecule has 0 saturated carbocycles. The normalized spacial score (nSPS) is 12.1. The van der Waals surface area contributed by atoms with Crippen molar-refractivity contribution in [1.29, 1.82) is 0 Å². The number of rotatable bonds is 5. The van der Waals surface area contributed by atoms with Crippen molar-refractivity contribution in [1.82, 2.24) is 14.3 Å². The van der Waals surface area contributed by atoms with Gasteiger partial charge in [-0.1, -0.05) is 41.7 Å². The molecule has 7 heteroatoms. The summed E-state index contributed by atoms with van der Waals surface area (Å²) in [5.41, 5.74) is 4.81. The van der Waals surface area contributed by atoms with Crippen molar-refractivity contribution in [3.8, 4) is 22.7 Å². The third-order valence-electron chi connectivity index (χ3n) is 5.18.